The molecule has 0 spiro atoms. The largest absolute Gasteiger partial charge is 0.431 e. The van der Waals surface area contributed by atoms with Gasteiger partial charge in [-0.3, -0.25) is 9.52 Å². The van der Waals surface area contributed by atoms with Crippen molar-refractivity contribution in [2.75, 3.05) is 10.0 Å². The summed E-state index contributed by atoms with van der Waals surface area (Å²) in [6, 6.07) is 12.5. The Bertz CT molecular complexity index is 1220. The third-order valence-corrected chi connectivity index (χ3v) is 6.63. The summed E-state index contributed by atoms with van der Waals surface area (Å²) in [5.41, 5.74) is 0.903. The summed E-state index contributed by atoms with van der Waals surface area (Å²) in [7, 11) is -3.74. The predicted molar refractivity (Wildman–Crippen MR) is 116 cm³/mol. The molecule has 2 heterocycles. The number of hydrogen-bond acceptors (Lipinski definition) is 8. The van der Waals surface area contributed by atoms with E-state index < -0.39 is 10.0 Å². The molecule has 0 unspecified atom stereocenters. The molecule has 11 heteroatoms. The zero-order valence-corrected chi connectivity index (χ0v) is 17.6. The Kier molecular flexibility index (Phi) is 5.74. The van der Waals surface area contributed by atoms with Crippen molar-refractivity contribution in [3.8, 4) is 10.9 Å². The Balaban J connectivity index is 1.39. The van der Waals surface area contributed by atoms with Crippen LogP contribution in [0.15, 0.2) is 76.6 Å². The topological polar surface area (TPSA) is 110 Å². The third-order valence-electron chi connectivity index (χ3n) is 3.81. The number of benzene rings is 2. The molecule has 0 saturated carbocycles. The van der Waals surface area contributed by atoms with Crippen LogP contribution >= 0.6 is 22.7 Å². The average Bonchev–Trinajstić information content (AvgIpc) is 3.43. The van der Waals surface area contributed by atoms with Crippen LogP contribution in [-0.2, 0) is 10.0 Å². The summed E-state index contributed by atoms with van der Waals surface area (Å²) in [6.45, 7) is 0. The Hall–Kier alpha value is -3.28. The first-order chi connectivity index (χ1) is 14.5. The highest BCUT2D eigenvalue weighted by molar-refractivity contribution is 7.93. The third kappa shape index (κ3) is 4.82. The van der Waals surface area contributed by atoms with Gasteiger partial charge in [0.05, 0.1) is 4.90 Å². The lowest BCUT2D eigenvalue weighted by Crippen LogP contribution is -2.14. The van der Waals surface area contributed by atoms with Crippen LogP contribution in [0.4, 0.5) is 10.8 Å². The fourth-order valence-corrected chi connectivity index (χ4v) is 4.70. The van der Waals surface area contributed by atoms with Crippen molar-refractivity contribution in [1.29, 1.82) is 0 Å². The van der Waals surface area contributed by atoms with Crippen molar-refractivity contribution in [3.63, 3.8) is 0 Å². The number of amides is 1. The van der Waals surface area contributed by atoms with Crippen molar-refractivity contribution in [2.45, 2.75) is 4.90 Å². The second kappa shape index (κ2) is 8.61. The highest BCUT2D eigenvalue weighted by Gasteiger charge is 2.15. The molecule has 30 heavy (non-hydrogen) atoms. The van der Waals surface area contributed by atoms with Crippen molar-refractivity contribution in [3.05, 3.63) is 77.2 Å². The summed E-state index contributed by atoms with van der Waals surface area (Å²) < 4.78 is 32.7. The second-order valence-electron chi connectivity index (χ2n) is 5.85. The Morgan fingerprint density at radius 3 is 2.23 bits per heavy atom. The summed E-state index contributed by atoms with van der Waals surface area (Å²) in [4.78, 5) is 20.4. The summed E-state index contributed by atoms with van der Waals surface area (Å²) in [5.74, 6) is 0.246. The molecule has 8 nitrogen and oxygen atoms in total. The van der Waals surface area contributed by atoms with Crippen LogP contribution in [-0.4, -0.2) is 24.3 Å². The Morgan fingerprint density at radius 2 is 1.60 bits per heavy atom. The van der Waals surface area contributed by atoms with Crippen LogP contribution in [0.3, 0.4) is 0 Å². The number of carbonyl (C=O) groups is 1. The molecule has 0 bridgehead atoms. The Labute approximate surface area is 180 Å². The highest BCUT2D eigenvalue weighted by Crippen LogP contribution is 2.24. The number of anilines is 2. The molecule has 0 radical (unpaired) electrons. The molecule has 4 aromatic rings. The Morgan fingerprint density at radius 1 is 0.900 bits per heavy atom. The van der Waals surface area contributed by atoms with Crippen LogP contribution in [0.5, 0.6) is 10.9 Å². The van der Waals surface area contributed by atoms with Gasteiger partial charge < -0.3 is 10.1 Å². The molecule has 152 valence electrons. The van der Waals surface area contributed by atoms with Crippen molar-refractivity contribution in [2.24, 2.45) is 0 Å². The minimum Gasteiger partial charge on any atom is -0.431 e. The highest BCUT2D eigenvalue weighted by atomic mass is 32.2. The van der Waals surface area contributed by atoms with Crippen molar-refractivity contribution < 1.29 is 17.9 Å². The zero-order valence-electron chi connectivity index (χ0n) is 15.2. The number of nitrogens with one attached hydrogen (secondary N) is 2. The number of aromatic nitrogens is 2. The summed E-state index contributed by atoms with van der Waals surface area (Å²) >= 11 is 2.56. The van der Waals surface area contributed by atoms with Crippen molar-refractivity contribution >= 4 is 49.4 Å². The lowest BCUT2D eigenvalue weighted by molar-refractivity contribution is 0.102. The SMILES string of the molecule is O=C(Nc1ccc(S(=O)(=O)Nc2nccs2)cc1)c1ccc(Oc2nccs2)cc1. The summed E-state index contributed by atoms with van der Waals surface area (Å²) in [5, 5.41) is 7.02. The average molecular weight is 459 g/mol. The standard InChI is InChI=1S/C19H14N4O4S3/c24-17(13-1-5-15(6-2-13)27-19-21-10-12-29-19)22-14-3-7-16(8-4-14)30(25,26)23-18-20-9-11-28-18/h1-12H,(H,20,23)(H,22,24). The summed E-state index contributed by atoms with van der Waals surface area (Å²) in [6.07, 6.45) is 3.16. The van der Waals surface area contributed by atoms with Gasteiger partial charge in [0.2, 0.25) is 0 Å². The van der Waals surface area contributed by atoms with Gasteiger partial charge in [-0.25, -0.2) is 18.4 Å². The molecule has 0 atom stereocenters. The molecule has 0 aliphatic heterocycles. The number of ether oxygens (including phenoxy) is 1. The van der Waals surface area contributed by atoms with Crippen LogP contribution in [0.1, 0.15) is 10.4 Å². The minimum atomic E-state index is -3.74. The van der Waals surface area contributed by atoms with Gasteiger partial charge in [-0.1, -0.05) is 11.3 Å². The van der Waals surface area contributed by atoms with E-state index in [2.05, 4.69) is 20.0 Å². The van der Waals surface area contributed by atoms with Crippen LogP contribution < -0.4 is 14.8 Å². The first-order valence-electron chi connectivity index (χ1n) is 8.51. The number of thiazole rings is 2. The molecule has 0 saturated heterocycles. The van der Waals surface area contributed by atoms with E-state index >= 15 is 0 Å². The maximum Gasteiger partial charge on any atom is 0.278 e. The van der Waals surface area contributed by atoms with Gasteiger partial charge in [-0.2, -0.15) is 0 Å². The van der Waals surface area contributed by atoms with E-state index in [4.69, 9.17) is 4.74 Å². The first kappa shape index (κ1) is 20.0. The zero-order chi connectivity index (χ0) is 21.0. The van der Waals surface area contributed by atoms with E-state index in [-0.39, 0.29) is 15.9 Å². The molecule has 2 aromatic heterocycles. The number of nitrogens with zero attached hydrogens (tertiary/aromatic N) is 2. The maximum atomic E-state index is 12.4. The van der Waals surface area contributed by atoms with Crippen LogP contribution in [0, 0.1) is 0 Å². The van der Waals surface area contributed by atoms with Gasteiger partial charge in [0, 0.05) is 34.4 Å². The normalized spacial score (nSPS) is 11.1. The molecular formula is C19H14N4O4S3. The van der Waals surface area contributed by atoms with Gasteiger partial charge in [0.15, 0.2) is 5.13 Å². The molecule has 4 rings (SSSR count). The molecule has 0 fully saturated rings. The van der Waals surface area contributed by atoms with E-state index in [1.807, 2.05) is 5.38 Å². The van der Waals surface area contributed by atoms with E-state index in [9.17, 15) is 13.2 Å². The lowest BCUT2D eigenvalue weighted by Gasteiger charge is -2.08. The maximum absolute atomic E-state index is 12.4. The van der Waals surface area contributed by atoms with E-state index in [0.29, 0.717) is 22.2 Å². The second-order valence-corrected chi connectivity index (χ2v) is 9.28. The lowest BCUT2D eigenvalue weighted by atomic mass is 10.2. The van der Waals surface area contributed by atoms with Gasteiger partial charge in [0.1, 0.15) is 5.75 Å². The number of rotatable bonds is 7. The molecule has 0 aliphatic rings. The monoisotopic (exact) mass is 458 g/mol. The van der Waals surface area contributed by atoms with Gasteiger partial charge in [-0.05, 0) is 48.5 Å². The van der Waals surface area contributed by atoms with Crippen molar-refractivity contribution in [1.82, 2.24) is 9.97 Å². The van der Waals surface area contributed by atoms with Gasteiger partial charge in [-0.15, -0.1) is 11.3 Å². The molecule has 1 amide bonds. The smallest absolute Gasteiger partial charge is 0.278 e. The van der Waals surface area contributed by atoms with E-state index in [1.165, 1.54) is 53.1 Å². The van der Waals surface area contributed by atoms with Gasteiger partial charge in [0.25, 0.3) is 21.1 Å². The predicted octanol–water partition coefficient (Wildman–Crippen LogP) is 4.45. The minimum absolute atomic E-state index is 0.0689. The van der Waals surface area contributed by atoms with E-state index in [1.54, 1.807) is 35.8 Å². The molecule has 2 N–H and O–H groups in total. The number of sulfonamides is 1. The molecular weight excluding hydrogens is 444 g/mol. The molecule has 2 aromatic carbocycles. The first-order valence-corrected chi connectivity index (χ1v) is 11.7. The quantitative estimate of drug-likeness (QED) is 0.423. The molecule has 0 aliphatic carbocycles. The van der Waals surface area contributed by atoms with Gasteiger partial charge >= 0.3 is 0 Å². The number of carbonyl (C=O) groups excluding carboxylic acids is 1. The number of hydrogen-bond donors (Lipinski definition) is 2. The fraction of sp³-hybridized carbons (Fsp3) is 0. The fourth-order valence-electron chi connectivity index (χ4n) is 2.40. The van der Waals surface area contributed by atoms with Crippen LogP contribution in [0.25, 0.3) is 0 Å². The van der Waals surface area contributed by atoms with Crippen LogP contribution in [0.2, 0.25) is 0 Å². The van der Waals surface area contributed by atoms with E-state index in [0.717, 1.165) is 0 Å².